The monoisotopic (exact) mass is 279 g/mol. The molecule has 0 heterocycles. The van der Waals surface area contributed by atoms with E-state index in [1.165, 1.54) is 7.11 Å². The molecule has 1 aromatic carbocycles. The van der Waals surface area contributed by atoms with Crippen molar-refractivity contribution in [3.05, 3.63) is 29.3 Å². The van der Waals surface area contributed by atoms with Crippen molar-refractivity contribution in [3.63, 3.8) is 0 Å². The second kappa shape index (κ2) is 7.53. The van der Waals surface area contributed by atoms with Crippen LogP contribution in [0, 0.1) is 12.8 Å². The molecule has 0 aliphatic heterocycles. The molecule has 110 valence electrons. The maximum Gasteiger partial charge on any atom is 0.310 e. The Morgan fingerprint density at radius 1 is 1.30 bits per heavy atom. The number of amides is 1. The van der Waals surface area contributed by atoms with Crippen molar-refractivity contribution in [1.29, 1.82) is 0 Å². The molecule has 0 bridgehead atoms. The van der Waals surface area contributed by atoms with Crippen LogP contribution in [0.25, 0.3) is 0 Å². The van der Waals surface area contributed by atoms with E-state index in [1.807, 2.05) is 25.1 Å². The van der Waals surface area contributed by atoms with Crippen LogP contribution in [-0.4, -0.2) is 32.6 Å². The van der Waals surface area contributed by atoms with E-state index in [2.05, 4.69) is 10.1 Å². The van der Waals surface area contributed by atoms with Crippen molar-refractivity contribution >= 4 is 11.9 Å². The van der Waals surface area contributed by atoms with Crippen LogP contribution in [0.4, 0.5) is 0 Å². The lowest BCUT2D eigenvalue weighted by molar-refractivity contribution is -0.144. The lowest BCUT2D eigenvalue weighted by atomic mass is 10.0. The van der Waals surface area contributed by atoms with Crippen molar-refractivity contribution in [3.8, 4) is 5.75 Å². The fourth-order valence-corrected chi connectivity index (χ4v) is 1.78. The third-order valence-corrected chi connectivity index (χ3v) is 3.11. The molecule has 1 amide bonds. The van der Waals surface area contributed by atoms with Gasteiger partial charge in [-0.2, -0.15) is 0 Å². The van der Waals surface area contributed by atoms with Crippen LogP contribution in [0.2, 0.25) is 0 Å². The Balaban J connectivity index is 2.52. The van der Waals surface area contributed by atoms with Gasteiger partial charge >= 0.3 is 5.97 Å². The molecule has 1 atom stereocenters. The van der Waals surface area contributed by atoms with Crippen molar-refractivity contribution in [2.45, 2.75) is 20.3 Å². The van der Waals surface area contributed by atoms with Gasteiger partial charge in [0.15, 0.2) is 0 Å². The maximum atomic E-state index is 11.8. The van der Waals surface area contributed by atoms with Crippen molar-refractivity contribution in [2.75, 3.05) is 20.8 Å². The average Bonchev–Trinajstić information content (AvgIpc) is 2.45. The summed E-state index contributed by atoms with van der Waals surface area (Å²) < 4.78 is 9.72. The van der Waals surface area contributed by atoms with Gasteiger partial charge in [-0.1, -0.05) is 13.0 Å². The van der Waals surface area contributed by atoms with Gasteiger partial charge in [-0.15, -0.1) is 0 Å². The van der Waals surface area contributed by atoms with Gasteiger partial charge < -0.3 is 14.8 Å². The molecule has 0 aliphatic rings. The van der Waals surface area contributed by atoms with Gasteiger partial charge in [-0.25, -0.2) is 0 Å². The first-order valence-electron chi connectivity index (χ1n) is 6.46. The van der Waals surface area contributed by atoms with Crippen LogP contribution in [0.15, 0.2) is 18.2 Å². The second-order valence-corrected chi connectivity index (χ2v) is 4.70. The van der Waals surface area contributed by atoms with Crippen LogP contribution < -0.4 is 10.1 Å². The molecule has 0 spiro atoms. The number of hydrogen-bond acceptors (Lipinski definition) is 4. The highest BCUT2D eigenvalue weighted by molar-refractivity contribution is 5.80. The first-order chi connectivity index (χ1) is 9.47. The maximum absolute atomic E-state index is 11.8. The van der Waals surface area contributed by atoms with Crippen molar-refractivity contribution < 1.29 is 19.1 Å². The van der Waals surface area contributed by atoms with E-state index in [9.17, 15) is 9.59 Å². The Kier molecular flexibility index (Phi) is 6.03. The molecule has 0 aliphatic carbocycles. The summed E-state index contributed by atoms with van der Waals surface area (Å²) in [6, 6.07) is 5.59. The van der Waals surface area contributed by atoms with E-state index < -0.39 is 0 Å². The van der Waals surface area contributed by atoms with E-state index in [0.717, 1.165) is 16.9 Å². The molecule has 5 nitrogen and oxygen atoms in total. The largest absolute Gasteiger partial charge is 0.497 e. The quantitative estimate of drug-likeness (QED) is 0.801. The van der Waals surface area contributed by atoms with E-state index in [4.69, 9.17) is 4.74 Å². The Bertz CT molecular complexity index is 485. The van der Waals surface area contributed by atoms with Crippen LogP contribution in [0.5, 0.6) is 5.75 Å². The molecule has 0 saturated carbocycles. The Labute approximate surface area is 119 Å². The van der Waals surface area contributed by atoms with Gasteiger partial charge in [-0.3, -0.25) is 9.59 Å². The topological polar surface area (TPSA) is 64.6 Å². The van der Waals surface area contributed by atoms with E-state index in [1.54, 1.807) is 14.0 Å². The van der Waals surface area contributed by atoms with E-state index in [-0.39, 0.29) is 30.8 Å². The van der Waals surface area contributed by atoms with Gasteiger partial charge in [0, 0.05) is 6.54 Å². The van der Waals surface area contributed by atoms with Crippen LogP contribution >= 0.6 is 0 Å². The lowest BCUT2D eigenvalue weighted by Gasteiger charge is -2.11. The number of methoxy groups -OCH3 is 2. The van der Waals surface area contributed by atoms with Gasteiger partial charge in [0.1, 0.15) is 5.75 Å². The molecule has 1 unspecified atom stereocenters. The highest BCUT2D eigenvalue weighted by Gasteiger charge is 2.14. The molecule has 20 heavy (non-hydrogen) atoms. The summed E-state index contributed by atoms with van der Waals surface area (Å²) in [7, 11) is 2.94. The van der Waals surface area contributed by atoms with Crippen molar-refractivity contribution in [2.24, 2.45) is 5.92 Å². The summed E-state index contributed by atoms with van der Waals surface area (Å²) in [4.78, 5) is 23.1. The summed E-state index contributed by atoms with van der Waals surface area (Å²) in [5, 5.41) is 2.73. The minimum absolute atomic E-state index is 0.117. The molecule has 0 fully saturated rings. The SMILES string of the molecule is COC(=O)C(C)CNC(=O)Cc1ccc(OC)cc1C. The van der Waals surface area contributed by atoms with Crippen molar-refractivity contribution in [1.82, 2.24) is 5.32 Å². The highest BCUT2D eigenvalue weighted by atomic mass is 16.5. The number of carbonyl (C=O) groups is 2. The average molecular weight is 279 g/mol. The standard InChI is InChI=1S/C15H21NO4/c1-10-7-13(19-3)6-5-12(10)8-14(17)16-9-11(2)15(18)20-4/h5-7,11H,8-9H2,1-4H3,(H,16,17). The van der Waals surface area contributed by atoms with Gasteiger partial charge in [0.05, 0.1) is 26.6 Å². The molecule has 0 radical (unpaired) electrons. The fraction of sp³-hybridized carbons (Fsp3) is 0.467. The predicted molar refractivity (Wildman–Crippen MR) is 75.6 cm³/mol. The molecular weight excluding hydrogens is 258 g/mol. The third-order valence-electron chi connectivity index (χ3n) is 3.11. The summed E-state index contributed by atoms with van der Waals surface area (Å²) in [5.41, 5.74) is 1.94. The Morgan fingerprint density at radius 2 is 2.00 bits per heavy atom. The number of rotatable bonds is 6. The predicted octanol–water partition coefficient (Wildman–Crippen LogP) is 1.47. The first kappa shape index (κ1) is 16.0. The second-order valence-electron chi connectivity index (χ2n) is 4.70. The highest BCUT2D eigenvalue weighted by Crippen LogP contribution is 2.17. The van der Waals surface area contributed by atoms with E-state index in [0.29, 0.717) is 0 Å². The minimum atomic E-state index is -0.346. The van der Waals surface area contributed by atoms with Crippen LogP contribution in [-0.2, 0) is 20.7 Å². The van der Waals surface area contributed by atoms with Crippen LogP contribution in [0.1, 0.15) is 18.1 Å². The van der Waals surface area contributed by atoms with Gasteiger partial charge in [0.2, 0.25) is 5.91 Å². The normalized spacial score (nSPS) is 11.6. The fourth-order valence-electron chi connectivity index (χ4n) is 1.78. The molecular formula is C15H21NO4. The van der Waals surface area contributed by atoms with Crippen LogP contribution in [0.3, 0.4) is 0 Å². The Morgan fingerprint density at radius 3 is 2.55 bits per heavy atom. The molecule has 1 N–H and O–H groups in total. The molecule has 1 rings (SSSR count). The number of carbonyl (C=O) groups excluding carboxylic acids is 2. The molecule has 0 saturated heterocycles. The van der Waals surface area contributed by atoms with Gasteiger partial charge in [-0.05, 0) is 30.2 Å². The lowest BCUT2D eigenvalue weighted by Crippen LogP contribution is -2.33. The number of nitrogens with one attached hydrogen (secondary N) is 1. The zero-order chi connectivity index (χ0) is 15.1. The summed E-state index contributed by atoms with van der Waals surface area (Å²) >= 11 is 0. The molecule has 0 aromatic heterocycles. The third kappa shape index (κ3) is 4.57. The number of benzene rings is 1. The number of aryl methyl sites for hydroxylation is 1. The Hall–Kier alpha value is -2.04. The zero-order valence-electron chi connectivity index (χ0n) is 12.4. The summed E-state index contributed by atoms with van der Waals surface area (Å²) in [5.74, 6) is -0.0215. The molecule has 5 heteroatoms. The summed E-state index contributed by atoms with van der Waals surface area (Å²) in [6.07, 6.45) is 0.281. The minimum Gasteiger partial charge on any atom is -0.497 e. The molecule has 1 aromatic rings. The van der Waals surface area contributed by atoms with Gasteiger partial charge in [0.25, 0.3) is 0 Å². The number of hydrogen-bond donors (Lipinski definition) is 1. The summed E-state index contributed by atoms with van der Waals surface area (Å²) in [6.45, 7) is 3.92. The van der Waals surface area contributed by atoms with E-state index >= 15 is 0 Å². The first-order valence-corrected chi connectivity index (χ1v) is 6.46. The smallest absolute Gasteiger partial charge is 0.310 e. The zero-order valence-corrected chi connectivity index (χ0v) is 12.4. The number of ether oxygens (including phenoxy) is 2. The number of esters is 1.